The Morgan fingerprint density at radius 3 is 2.03 bits per heavy atom. The van der Waals surface area contributed by atoms with Gasteiger partial charge in [0, 0.05) is 19.1 Å². The molecule has 5 heteroatoms. The molecule has 1 aliphatic heterocycles. The monoisotopic (exact) mass is 458 g/mol. The molecule has 1 N–H and O–H groups in total. The van der Waals surface area contributed by atoms with Crippen LogP contribution in [0.25, 0.3) is 0 Å². The van der Waals surface area contributed by atoms with Gasteiger partial charge in [0.1, 0.15) is 12.4 Å². The van der Waals surface area contributed by atoms with E-state index in [9.17, 15) is 0 Å². The third kappa shape index (κ3) is 8.19. The normalized spacial score (nSPS) is 14.3. The minimum absolute atomic E-state index is 0. The molecule has 3 nitrogen and oxygen atoms in total. The maximum atomic E-state index is 5.96. The molecule has 31 heavy (non-hydrogen) atoms. The first-order chi connectivity index (χ1) is 14.3. The standard InChI is InChI=1S/C26H30N2O.2ClH/c1-3-8-22(9-4-1)20-28-16-14-25(15-17-28)27-19-24-12-7-13-26(18-24)29-21-23-10-5-2-6-11-23;;/h1-13,18,25,27H,14-17,19-21H2;2*1H. The van der Waals surface area contributed by atoms with Crippen molar-refractivity contribution in [2.45, 2.75) is 38.6 Å². The maximum absolute atomic E-state index is 5.96. The van der Waals surface area contributed by atoms with E-state index in [0.717, 1.165) is 31.9 Å². The first-order valence-electron chi connectivity index (χ1n) is 10.6. The number of halogens is 2. The number of nitrogens with one attached hydrogen (secondary N) is 1. The number of hydrogen-bond acceptors (Lipinski definition) is 3. The predicted molar refractivity (Wildman–Crippen MR) is 133 cm³/mol. The number of piperidine rings is 1. The minimum atomic E-state index is 0. The Morgan fingerprint density at radius 2 is 1.35 bits per heavy atom. The largest absolute Gasteiger partial charge is 0.489 e. The fourth-order valence-corrected chi connectivity index (χ4v) is 3.89. The van der Waals surface area contributed by atoms with Crippen molar-refractivity contribution >= 4 is 24.8 Å². The molecule has 1 heterocycles. The van der Waals surface area contributed by atoms with E-state index in [0.29, 0.717) is 12.6 Å². The van der Waals surface area contributed by atoms with Gasteiger partial charge < -0.3 is 10.1 Å². The van der Waals surface area contributed by atoms with E-state index >= 15 is 0 Å². The molecule has 3 aromatic rings. The molecule has 166 valence electrons. The summed E-state index contributed by atoms with van der Waals surface area (Å²) in [5, 5.41) is 3.74. The maximum Gasteiger partial charge on any atom is 0.120 e. The molecule has 3 aromatic carbocycles. The number of likely N-dealkylation sites (tertiary alicyclic amines) is 1. The first-order valence-corrected chi connectivity index (χ1v) is 10.6. The van der Waals surface area contributed by atoms with Gasteiger partial charge in [-0.1, -0.05) is 72.8 Å². The summed E-state index contributed by atoms with van der Waals surface area (Å²) < 4.78 is 5.96. The van der Waals surface area contributed by atoms with E-state index in [2.05, 4.69) is 70.9 Å². The highest BCUT2D eigenvalue weighted by Crippen LogP contribution is 2.17. The van der Waals surface area contributed by atoms with Gasteiger partial charge in [-0.15, -0.1) is 24.8 Å². The zero-order chi connectivity index (χ0) is 19.7. The van der Waals surface area contributed by atoms with Crippen molar-refractivity contribution in [2.75, 3.05) is 13.1 Å². The molecule has 0 bridgehead atoms. The fraction of sp³-hybridized carbons (Fsp3) is 0.308. The molecular weight excluding hydrogens is 427 g/mol. The summed E-state index contributed by atoms with van der Waals surface area (Å²) in [6.45, 7) is 4.89. The van der Waals surface area contributed by atoms with Crippen LogP contribution in [0.2, 0.25) is 0 Å². The van der Waals surface area contributed by atoms with Gasteiger partial charge in [0.25, 0.3) is 0 Å². The zero-order valence-electron chi connectivity index (χ0n) is 17.8. The van der Waals surface area contributed by atoms with E-state index < -0.39 is 0 Å². The first kappa shape index (κ1) is 25.2. The summed E-state index contributed by atoms with van der Waals surface area (Å²) in [5.74, 6) is 0.936. The van der Waals surface area contributed by atoms with Crippen molar-refractivity contribution in [2.24, 2.45) is 0 Å². The minimum Gasteiger partial charge on any atom is -0.489 e. The van der Waals surface area contributed by atoms with Gasteiger partial charge in [-0.3, -0.25) is 4.90 Å². The average Bonchev–Trinajstić information content (AvgIpc) is 2.79. The van der Waals surface area contributed by atoms with Crippen molar-refractivity contribution in [1.82, 2.24) is 10.2 Å². The molecule has 1 saturated heterocycles. The zero-order valence-corrected chi connectivity index (χ0v) is 19.4. The van der Waals surface area contributed by atoms with Crippen molar-refractivity contribution < 1.29 is 4.74 Å². The SMILES string of the molecule is Cl.Cl.c1ccc(COc2cccc(CNC3CCN(Cc4ccccc4)CC3)c2)cc1. The third-order valence-electron chi connectivity index (χ3n) is 5.58. The second kappa shape index (κ2) is 13.4. The van der Waals surface area contributed by atoms with Crippen LogP contribution in [0.5, 0.6) is 5.75 Å². The number of benzene rings is 3. The molecule has 0 spiro atoms. The summed E-state index contributed by atoms with van der Waals surface area (Å²) in [4.78, 5) is 2.56. The van der Waals surface area contributed by atoms with E-state index in [1.807, 2.05) is 24.3 Å². The van der Waals surface area contributed by atoms with Gasteiger partial charge in [-0.05, 0) is 54.8 Å². The summed E-state index contributed by atoms with van der Waals surface area (Å²) in [6, 6.07) is 30.1. The summed E-state index contributed by atoms with van der Waals surface area (Å²) >= 11 is 0. The Labute approximate surface area is 198 Å². The van der Waals surface area contributed by atoms with Crippen LogP contribution in [0.1, 0.15) is 29.5 Å². The molecule has 1 fully saturated rings. The lowest BCUT2D eigenvalue weighted by Gasteiger charge is -2.32. The molecule has 0 radical (unpaired) electrons. The van der Waals surface area contributed by atoms with E-state index in [-0.39, 0.29) is 24.8 Å². The van der Waals surface area contributed by atoms with E-state index in [4.69, 9.17) is 4.74 Å². The third-order valence-corrected chi connectivity index (χ3v) is 5.58. The van der Waals surface area contributed by atoms with Crippen LogP contribution in [0.15, 0.2) is 84.9 Å². The van der Waals surface area contributed by atoms with Crippen molar-refractivity contribution in [1.29, 1.82) is 0 Å². The molecule has 0 aromatic heterocycles. The van der Waals surface area contributed by atoms with Crippen LogP contribution in [-0.4, -0.2) is 24.0 Å². The van der Waals surface area contributed by atoms with Gasteiger partial charge in [0.05, 0.1) is 0 Å². The molecule has 0 saturated carbocycles. The molecule has 0 atom stereocenters. The molecule has 0 unspecified atom stereocenters. The highest BCUT2D eigenvalue weighted by Gasteiger charge is 2.18. The van der Waals surface area contributed by atoms with Gasteiger partial charge in [-0.25, -0.2) is 0 Å². The van der Waals surface area contributed by atoms with E-state index in [1.165, 1.54) is 29.5 Å². The number of nitrogens with zero attached hydrogens (tertiary/aromatic N) is 1. The summed E-state index contributed by atoms with van der Waals surface area (Å²) in [7, 11) is 0. The van der Waals surface area contributed by atoms with Crippen LogP contribution < -0.4 is 10.1 Å². The van der Waals surface area contributed by atoms with Gasteiger partial charge in [-0.2, -0.15) is 0 Å². The Morgan fingerprint density at radius 1 is 0.742 bits per heavy atom. The van der Waals surface area contributed by atoms with Crippen LogP contribution >= 0.6 is 24.8 Å². The smallest absolute Gasteiger partial charge is 0.120 e. The Bertz CT molecular complexity index is 869. The fourth-order valence-electron chi connectivity index (χ4n) is 3.89. The Hall–Kier alpha value is -2.04. The van der Waals surface area contributed by atoms with Crippen molar-refractivity contribution in [3.05, 3.63) is 102 Å². The van der Waals surface area contributed by atoms with Gasteiger partial charge in [0.15, 0.2) is 0 Å². The number of rotatable bonds is 8. The Balaban J connectivity index is 0.00000171. The number of ether oxygens (including phenoxy) is 1. The molecular formula is C26H32Cl2N2O. The molecule has 1 aliphatic rings. The lowest BCUT2D eigenvalue weighted by atomic mass is 10.0. The summed E-state index contributed by atoms with van der Waals surface area (Å²) in [6.07, 6.45) is 2.41. The lowest BCUT2D eigenvalue weighted by Crippen LogP contribution is -2.41. The average molecular weight is 459 g/mol. The van der Waals surface area contributed by atoms with Crippen LogP contribution in [0.4, 0.5) is 0 Å². The second-order valence-corrected chi connectivity index (χ2v) is 7.84. The predicted octanol–water partition coefficient (Wildman–Crippen LogP) is 5.86. The highest BCUT2D eigenvalue weighted by molar-refractivity contribution is 5.85. The lowest BCUT2D eigenvalue weighted by molar-refractivity contribution is 0.190. The summed E-state index contributed by atoms with van der Waals surface area (Å²) in [5.41, 5.74) is 3.88. The van der Waals surface area contributed by atoms with Crippen molar-refractivity contribution in [3.63, 3.8) is 0 Å². The van der Waals surface area contributed by atoms with Crippen LogP contribution in [0.3, 0.4) is 0 Å². The van der Waals surface area contributed by atoms with Gasteiger partial charge in [0.2, 0.25) is 0 Å². The quantitative estimate of drug-likeness (QED) is 0.457. The molecule has 0 amide bonds. The molecule has 4 rings (SSSR count). The van der Waals surface area contributed by atoms with Crippen LogP contribution in [-0.2, 0) is 19.7 Å². The Kier molecular flexibility index (Phi) is 10.9. The van der Waals surface area contributed by atoms with Crippen LogP contribution in [0, 0.1) is 0 Å². The molecule has 0 aliphatic carbocycles. The van der Waals surface area contributed by atoms with E-state index in [1.54, 1.807) is 0 Å². The topological polar surface area (TPSA) is 24.5 Å². The van der Waals surface area contributed by atoms with Gasteiger partial charge >= 0.3 is 0 Å². The van der Waals surface area contributed by atoms with Crippen molar-refractivity contribution in [3.8, 4) is 5.75 Å². The number of hydrogen-bond donors (Lipinski definition) is 1. The second-order valence-electron chi connectivity index (χ2n) is 7.84. The highest BCUT2D eigenvalue weighted by atomic mass is 35.5.